The topological polar surface area (TPSA) is 8.17 Å². The van der Waals surface area contributed by atoms with Crippen LogP contribution in [0.4, 0.5) is 17.1 Å². The fraction of sp³-hybridized carbons (Fsp3) is 0. The smallest absolute Gasteiger partial charge is 0.0619 e. The van der Waals surface area contributed by atoms with E-state index in [0.29, 0.717) is 0 Å². The van der Waals surface area contributed by atoms with E-state index >= 15 is 0 Å². The molecule has 0 saturated carbocycles. The molecule has 2 nitrogen and oxygen atoms in total. The molecule has 0 bridgehead atoms. The number of fused-ring (bicyclic) bond motifs is 8. The highest BCUT2D eigenvalue weighted by Crippen LogP contribution is 2.50. The van der Waals surface area contributed by atoms with Crippen LogP contribution in [0.1, 0.15) is 0 Å². The van der Waals surface area contributed by atoms with E-state index in [9.17, 15) is 0 Å². The average molecular weight is 915 g/mol. The minimum Gasteiger partial charge on any atom is -0.309 e. The van der Waals surface area contributed by atoms with E-state index in [2.05, 4.69) is 289 Å². The molecule has 0 aliphatic rings. The summed E-state index contributed by atoms with van der Waals surface area (Å²) in [6.07, 6.45) is 0. The van der Waals surface area contributed by atoms with Gasteiger partial charge in [-0.15, -0.1) is 0 Å². The maximum Gasteiger partial charge on any atom is 0.0619 e. The highest BCUT2D eigenvalue weighted by atomic mass is 15.1. The fourth-order valence-corrected chi connectivity index (χ4v) is 11.5. The van der Waals surface area contributed by atoms with Crippen LogP contribution < -0.4 is 4.90 Å². The van der Waals surface area contributed by atoms with Gasteiger partial charge in [-0.05, 0) is 108 Å². The Morgan fingerprint density at radius 2 is 0.750 bits per heavy atom. The molecule has 0 aliphatic carbocycles. The SMILES string of the molecule is c1ccc(-c2ccc(N(c3ccccc3-c3cccc4ccccc34)c3ccc(-c4cccc5ccccc45)c4ccccc34)c(-c3cccc(-n4c5ccccc5c5ccc6ccccc6c54)c3)c2)cc1. The molecule has 0 aliphatic heterocycles. The van der Waals surface area contributed by atoms with Crippen molar-refractivity contribution in [3.05, 3.63) is 279 Å². The van der Waals surface area contributed by atoms with Gasteiger partial charge in [-0.25, -0.2) is 0 Å². The van der Waals surface area contributed by atoms with Crippen LogP contribution in [-0.2, 0) is 0 Å². The minimum absolute atomic E-state index is 1.08. The molecule has 0 saturated heterocycles. The number of para-hydroxylation sites is 2. The van der Waals surface area contributed by atoms with Gasteiger partial charge in [0.15, 0.2) is 0 Å². The Balaban J connectivity index is 1.07. The summed E-state index contributed by atoms with van der Waals surface area (Å²) in [5.74, 6) is 0. The maximum absolute atomic E-state index is 2.54. The first kappa shape index (κ1) is 41.5. The third kappa shape index (κ3) is 6.80. The van der Waals surface area contributed by atoms with E-state index in [0.717, 1.165) is 45.0 Å². The van der Waals surface area contributed by atoms with Gasteiger partial charge in [0.1, 0.15) is 0 Å². The molecule has 0 fully saturated rings. The van der Waals surface area contributed by atoms with Gasteiger partial charge in [-0.1, -0.05) is 237 Å². The summed E-state index contributed by atoms with van der Waals surface area (Å²) in [6.45, 7) is 0. The van der Waals surface area contributed by atoms with Gasteiger partial charge in [0.2, 0.25) is 0 Å². The van der Waals surface area contributed by atoms with Crippen LogP contribution in [0, 0.1) is 0 Å². The normalized spacial score (nSPS) is 11.6. The molecular formula is C70H46N2. The van der Waals surface area contributed by atoms with Gasteiger partial charge in [-0.3, -0.25) is 0 Å². The first-order valence-corrected chi connectivity index (χ1v) is 24.8. The molecule has 0 radical (unpaired) electrons. The highest BCUT2D eigenvalue weighted by Gasteiger charge is 2.25. The van der Waals surface area contributed by atoms with Crippen molar-refractivity contribution in [3.8, 4) is 50.2 Å². The molecule has 72 heavy (non-hydrogen) atoms. The monoisotopic (exact) mass is 914 g/mol. The zero-order valence-corrected chi connectivity index (χ0v) is 39.5. The van der Waals surface area contributed by atoms with Crippen LogP contribution >= 0.6 is 0 Å². The van der Waals surface area contributed by atoms with E-state index in [4.69, 9.17) is 0 Å². The molecule has 0 spiro atoms. The molecule has 1 heterocycles. The zero-order valence-electron chi connectivity index (χ0n) is 39.5. The molecule has 14 rings (SSSR count). The summed E-state index contributed by atoms with van der Waals surface area (Å²) in [6, 6.07) is 103. The van der Waals surface area contributed by atoms with Gasteiger partial charge < -0.3 is 9.47 Å². The van der Waals surface area contributed by atoms with Crippen LogP contribution in [-0.4, -0.2) is 4.57 Å². The van der Waals surface area contributed by atoms with E-state index in [1.54, 1.807) is 0 Å². The second kappa shape index (κ2) is 17.2. The summed E-state index contributed by atoms with van der Waals surface area (Å²) in [7, 11) is 0. The van der Waals surface area contributed by atoms with Crippen molar-refractivity contribution in [3.63, 3.8) is 0 Å². The van der Waals surface area contributed by atoms with Gasteiger partial charge in [0.25, 0.3) is 0 Å². The largest absolute Gasteiger partial charge is 0.309 e. The molecule has 0 unspecified atom stereocenters. The molecule has 336 valence electrons. The Morgan fingerprint density at radius 3 is 1.51 bits per heavy atom. The quantitative estimate of drug-likeness (QED) is 0.147. The molecule has 13 aromatic carbocycles. The lowest BCUT2D eigenvalue weighted by Crippen LogP contribution is -2.13. The minimum atomic E-state index is 1.08. The average Bonchev–Trinajstić information content (AvgIpc) is 3.80. The number of rotatable bonds is 8. The first-order valence-electron chi connectivity index (χ1n) is 24.8. The number of nitrogens with zero attached hydrogens (tertiary/aromatic N) is 2. The van der Waals surface area contributed by atoms with E-state index in [-0.39, 0.29) is 0 Å². The highest BCUT2D eigenvalue weighted by molar-refractivity contribution is 6.19. The predicted molar refractivity (Wildman–Crippen MR) is 307 cm³/mol. The van der Waals surface area contributed by atoms with Gasteiger partial charge in [-0.2, -0.15) is 0 Å². The van der Waals surface area contributed by atoms with Crippen molar-refractivity contribution in [2.45, 2.75) is 0 Å². The van der Waals surface area contributed by atoms with Crippen molar-refractivity contribution in [2.24, 2.45) is 0 Å². The summed E-state index contributed by atoms with van der Waals surface area (Å²) in [5.41, 5.74) is 16.1. The van der Waals surface area contributed by atoms with Crippen LogP contribution in [0.3, 0.4) is 0 Å². The number of aromatic nitrogens is 1. The third-order valence-corrected chi connectivity index (χ3v) is 14.8. The maximum atomic E-state index is 2.54. The molecule has 0 atom stereocenters. The molecule has 14 aromatic rings. The lowest BCUT2D eigenvalue weighted by Gasteiger charge is -2.32. The summed E-state index contributed by atoms with van der Waals surface area (Å²) >= 11 is 0. The van der Waals surface area contributed by atoms with Crippen molar-refractivity contribution < 1.29 is 0 Å². The lowest BCUT2D eigenvalue weighted by atomic mass is 9.91. The Labute approximate surface area is 418 Å². The Morgan fingerprint density at radius 1 is 0.236 bits per heavy atom. The summed E-state index contributed by atoms with van der Waals surface area (Å²) < 4.78 is 2.48. The van der Waals surface area contributed by atoms with E-state index in [1.165, 1.54) is 87.1 Å². The second-order valence-electron chi connectivity index (χ2n) is 18.8. The van der Waals surface area contributed by atoms with Gasteiger partial charge >= 0.3 is 0 Å². The molecule has 0 N–H and O–H groups in total. The molecule has 0 amide bonds. The fourth-order valence-electron chi connectivity index (χ4n) is 11.5. The van der Waals surface area contributed by atoms with Gasteiger partial charge in [0, 0.05) is 38.4 Å². The third-order valence-electron chi connectivity index (χ3n) is 14.8. The number of benzene rings is 13. The molecule has 1 aromatic heterocycles. The number of hydrogen-bond donors (Lipinski definition) is 0. The first-order chi connectivity index (χ1) is 35.7. The number of anilines is 3. The molecular weight excluding hydrogens is 869 g/mol. The molecule has 2 heteroatoms. The van der Waals surface area contributed by atoms with E-state index < -0.39 is 0 Å². The van der Waals surface area contributed by atoms with Crippen molar-refractivity contribution in [1.82, 2.24) is 4.57 Å². The van der Waals surface area contributed by atoms with Crippen LogP contribution in [0.15, 0.2) is 279 Å². The standard InChI is InChI=1S/C70H46N2/c1-2-19-47(20-3-1)51-40-43-69(65(46-51)52-26-16-27-53(45-52)71-66-37-14-13-34-63(66)64-41-39-50-23-6-9-30-56(50)70(64)71)72(67-38-15-12-33-61(67)58-36-18-25-49-22-5-8-29-55(49)58)68-44-42-60(59-31-10-11-32-62(59)68)57-35-17-24-48-21-4-7-28-54(48)57/h1-46H. The predicted octanol–water partition coefficient (Wildman–Crippen LogP) is 19.5. The zero-order chi connectivity index (χ0) is 47.5. The van der Waals surface area contributed by atoms with E-state index in [1.807, 2.05) is 0 Å². The van der Waals surface area contributed by atoms with Gasteiger partial charge in [0.05, 0.1) is 28.1 Å². The summed E-state index contributed by atoms with van der Waals surface area (Å²) in [4.78, 5) is 2.54. The lowest BCUT2D eigenvalue weighted by molar-refractivity contribution is 1.19. The number of hydrogen-bond acceptors (Lipinski definition) is 1. The Kier molecular flexibility index (Phi) is 9.89. The summed E-state index contributed by atoms with van der Waals surface area (Å²) in [5, 5.41) is 12.2. The van der Waals surface area contributed by atoms with Crippen molar-refractivity contribution in [2.75, 3.05) is 4.90 Å². The van der Waals surface area contributed by atoms with Crippen molar-refractivity contribution >= 4 is 82.0 Å². The van der Waals surface area contributed by atoms with Crippen LogP contribution in [0.2, 0.25) is 0 Å². The van der Waals surface area contributed by atoms with Crippen LogP contribution in [0.5, 0.6) is 0 Å². The Bertz CT molecular complexity index is 4400. The second-order valence-corrected chi connectivity index (χ2v) is 18.8. The Hall–Kier alpha value is -9.50. The van der Waals surface area contributed by atoms with Crippen molar-refractivity contribution in [1.29, 1.82) is 0 Å². The van der Waals surface area contributed by atoms with Crippen LogP contribution in [0.25, 0.3) is 115 Å².